The summed E-state index contributed by atoms with van der Waals surface area (Å²) in [5.74, 6) is -0.0980. The average Bonchev–Trinajstić information content (AvgIpc) is 2.68. The lowest BCUT2D eigenvalue weighted by Gasteiger charge is -2.18. The monoisotopic (exact) mass is 273 g/mol. The van der Waals surface area contributed by atoms with Crippen molar-refractivity contribution in [2.24, 2.45) is 11.7 Å². The summed E-state index contributed by atoms with van der Waals surface area (Å²) >= 11 is 0. The standard InChI is InChI=1S/C12H16FNO3S/c13-10-3-1-2-4-12(10)17-7-11(14)9-5-6-18(15,16)8-9/h1-4,9,11H,5-8,14H2. The molecule has 4 nitrogen and oxygen atoms in total. The first-order valence-electron chi connectivity index (χ1n) is 5.81. The van der Waals surface area contributed by atoms with Gasteiger partial charge in [0, 0.05) is 6.04 Å². The Morgan fingerprint density at radius 3 is 2.78 bits per heavy atom. The van der Waals surface area contributed by atoms with E-state index < -0.39 is 15.7 Å². The van der Waals surface area contributed by atoms with Crippen LogP contribution in [0.15, 0.2) is 24.3 Å². The van der Waals surface area contributed by atoms with Crippen molar-refractivity contribution in [1.29, 1.82) is 0 Å². The topological polar surface area (TPSA) is 69.4 Å². The second kappa shape index (κ2) is 5.24. The van der Waals surface area contributed by atoms with E-state index in [0.29, 0.717) is 6.42 Å². The molecule has 1 aromatic rings. The molecule has 1 aliphatic heterocycles. The maximum absolute atomic E-state index is 13.3. The number of rotatable bonds is 4. The van der Waals surface area contributed by atoms with Gasteiger partial charge in [-0.2, -0.15) is 0 Å². The minimum absolute atomic E-state index is 0.0956. The maximum Gasteiger partial charge on any atom is 0.165 e. The smallest absolute Gasteiger partial charge is 0.165 e. The molecule has 1 heterocycles. The molecule has 0 saturated carbocycles. The molecule has 100 valence electrons. The van der Waals surface area contributed by atoms with E-state index in [9.17, 15) is 12.8 Å². The first kappa shape index (κ1) is 13.3. The molecule has 2 atom stereocenters. The molecule has 1 aromatic carbocycles. The number of ether oxygens (including phenoxy) is 1. The Morgan fingerprint density at radius 2 is 2.17 bits per heavy atom. The first-order valence-corrected chi connectivity index (χ1v) is 7.63. The van der Waals surface area contributed by atoms with Crippen LogP contribution in [0.25, 0.3) is 0 Å². The van der Waals surface area contributed by atoms with Crippen molar-refractivity contribution < 1.29 is 17.5 Å². The van der Waals surface area contributed by atoms with Crippen LogP contribution in [0.4, 0.5) is 4.39 Å². The number of halogens is 1. The minimum atomic E-state index is -2.94. The quantitative estimate of drug-likeness (QED) is 0.887. The summed E-state index contributed by atoms with van der Waals surface area (Å²) in [6.45, 7) is 0.126. The van der Waals surface area contributed by atoms with Crippen LogP contribution in [-0.2, 0) is 9.84 Å². The maximum atomic E-state index is 13.3. The van der Waals surface area contributed by atoms with Crippen molar-refractivity contribution in [2.75, 3.05) is 18.1 Å². The third-order valence-corrected chi connectivity index (χ3v) is 4.93. The molecule has 0 radical (unpaired) electrons. The van der Waals surface area contributed by atoms with Crippen LogP contribution in [0.1, 0.15) is 6.42 Å². The van der Waals surface area contributed by atoms with Crippen molar-refractivity contribution in [2.45, 2.75) is 12.5 Å². The highest BCUT2D eigenvalue weighted by Crippen LogP contribution is 2.22. The number of nitrogens with two attached hydrogens (primary N) is 1. The molecule has 2 unspecified atom stereocenters. The van der Waals surface area contributed by atoms with Crippen LogP contribution >= 0.6 is 0 Å². The normalized spacial score (nSPS) is 23.8. The van der Waals surface area contributed by atoms with E-state index in [0.717, 1.165) is 0 Å². The molecule has 6 heteroatoms. The summed E-state index contributed by atoms with van der Waals surface area (Å²) in [5, 5.41) is 0. The van der Waals surface area contributed by atoms with Gasteiger partial charge in [0.15, 0.2) is 21.4 Å². The lowest BCUT2D eigenvalue weighted by Crippen LogP contribution is -2.36. The molecule has 0 aliphatic carbocycles. The number of sulfone groups is 1. The van der Waals surface area contributed by atoms with E-state index in [4.69, 9.17) is 10.5 Å². The number of hydrogen-bond acceptors (Lipinski definition) is 4. The lowest BCUT2D eigenvalue weighted by molar-refractivity contribution is 0.245. The van der Waals surface area contributed by atoms with E-state index in [2.05, 4.69) is 0 Å². The fraction of sp³-hybridized carbons (Fsp3) is 0.500. The van der Waals surface area contributed by atoms with Crippen LogP contribution in [0, 0.1) is 11.7 Å². The SMILES string of the molecule is NC(COc1ccccc1F)C1CCS(=O)(=O)C1. The second-order valence-electron chi connectivity index (χ2n) is 4.57. The lowest BCUT2D eigenvalue weighted by atomic mass is 10.0. The Hall–Kier alpha value is -1.14. The molecule has 0 bridgehead atoms. The Kier molecular flexibility index (Phi) is 3.87. The molecular weight excluding hydrogens is 257 g/mol. The van der Waals surface area contributed by atoms with Crippen LogP contribution < -0.4 is 10.5 Å². The van der Waals surface area contributed by atoms with Crippen molar-refractivity contribution in [3.63, 3.8) is 0 Å². The first-order chi connectivity index (χ1) is 8.48. The summed E-state index contributed by atoms with van der Waals surface area (Å²) in [6, 6.07) is 5.69. The van der Waals surface area contributed by atoms with Crippen LogP contribution in [0.5, 0.6) is 5.75 Å². The van der Waals surface area contributed by atoms with Crippen molar-refractivity contribution in [3.05, 3.63) is 30.1 Å². The molecule has 1 fully saturated rings. The minimum Gasteiger partial charge on any atom is -0.489 e. The van der Waals surface area contributed by atoms with E-state index in [-0.39, 0.29) is 35.8 Å². The third kappa shape index (κ3) is 3.20. The predicted molar refractivity (Wildman–Crippen MR) is 66.6 cm³/mol. The van der Waals surface area contributed by atoms with Crippen LogP contribution in [-0.4, -0.2) is 32.6 Å². The molecule has 2 N–H and O–H groups in total. The summed E-state index contributed by atoms with van der Waals surface area (Å²) in [6.07, 6.45) is 0.560. The van der Waals surface area contributed by atoms with Crippen molar-refractivity contribution in [3.8, 4) is 5.75 Å². The van der Waals surface area contributed by atoms with E-state index in [1.54, 1.807) is 12.1 Å². The van der Waals surface area contributed by atoms with Gasteiger partial charge in [0.2, 0.25) is 0 Å². The highest BCUT2D eigenvalue weighted by molar-refractivity contribution is 7.91. The number of hydrogen-bond donors (Lipinski definition) is 1. The summed E-state index contributed by atoms with van der Waals surface area (Å²) < 4.78 is 41.2. The van der Waals surface area contributed by atoms with Gasteiger partial charge in [0.25, 0.3) is 0 Å². The van der Waals surface area contributed by atoms with Crippen LogP contribution in [0.2, 0.25) is 0 Å². The third-order valence-electron chi connectivity index (χ3n) is 3.14. The molecule has 0 aromatic heterocycles. The fourth-order valence-corrected chi connectivity index (χ4v) is 3.94. The van der Waals surface area contributed by atoms with Gasteiger partial charge >= 0.3 is 0 Å². The van der Waals surface area contributed by atoms with Crippen molar-refractivity contribution >= 4 is 9.84 Å². The van der Waals surface area contributed by atoms with Gasteiger partial charge in [-0.25, -0.2) is 12.8 Å². The predicted octanol–water partition coefficient (Wildman–Crippen LogP) is 0.967. The average molecular weight is 273 g/mol. The molecule has 1 aliphatic rings. The van der Waals surface area contributed by atoms with Gasteiger partial charge in [-0.3, -0.25) is 0 Å². The molecule has 0 amide bonds. The van der Waals surface area contributed by atoms with Gasteiger partial charge in [-0.05, 0) is 24.5 Å². The van der Waals surface area contributed by atoms with Gasteiger partial charge in [-0.1, -0.05) is 12.1 Å². The Bertz CT molecular complexity index is 518. The van der Waals surface area contributed by atoms with Gasteiger partial charge in [0.05, 0.1) is 11.5 Å². The summed E-state index contributed by atoms with van der Waals surface area (Å²) in [4.78, 5) is 0. The van der Waals surface area contributed by atoms with Crippen molar-refractivity contribution in [1.82, 2.24) is 0 Å². The molecular formula is C12H16FNO3S. The Morgan fingerprint density at radius 1 is 1.44 bits per heavy atom. The van der Waals surface area contributed by atoms with Gasteiger partial charge in [-0.15, -0.1) is 0 Å². The van der Waals surface area contributed by atoms with Gasteiger partial charge in [0.1, 0.15) is 6.61 Å². The highest BCUT2D eigenvalue weighted by atomic mass is 32.2. The largest absolute Gasteiger partial charge is 0.489 e. The van der Waals surface area contributed by atoms with E-state index in [1.165, 1.54) is 12.1 Å². The van der Waals surface area contributed by atoms with E-state index >= 15 is 0 Å². The zero-order valence-corrected chi connectivity index (χ0v) is 10.7. The van der Waals surface area contributed by atoms with E-state index in [1.807, 2.05) is 0 Å². The Balaban J connectivity index is 1.89. The van der Waals surface area contributed by atoms with Gasteiger partial charge < -0.3 is 10.5 Å². The molecule has 2 rings (SSSR count). The summed E-state index contributed by atoms with van der Waals surface area (Å²) in [7, 11) is -2.94. The van der Waals surface area contributed by atoms with Crippen LogP contribution in [0.3, 0.4) is 0 Å². The molecule has 1 saturated heterocycles. The Labute approximate surface area is 106 Å². The number of benzene rings is 1. The fourth-order valence-electron chi connectivity index (χ4n) is 2.05. The second-order valence-corrected chi connectivity index (χ2v) is 6.80. The molecule has 18 heavy (non-hydrogen) atoms. The highest BCUT2D eigenvalue weighted by Gasteiger charge is 2.32. The molecule has 0 spiro atoms. The zero-order chi connectivity index (χ0) is 13.2. The summed E-state index contributed by atoms with van der Waals surface area (Å²) in [5.41, 5.74) is 5.89. The zero-order valence-electron chi connectivity index (χ0n) is 9.88. The number of para-hydroxylation sites is 1.